The molecule has 0 bridgehead atoms. The van der Waals surface area contributed by atoms with Crippen molar-refractivity contribution in [3.8, 4) is 16.9 Å². The first-order valence-electron chi connectivity index (χ1n) is 17.8. The molecule has 1 unspecified atom stereocenters. The van der Waals surface area contributed by atoms with Crippen LogP contribution in [0.3, 0.4) is 0 Å². The van der Waals surface area contributed by atoms with E-state index >= 15 is 4.39 Å². The SMILES string of the molecule is FC(c1cccc(-c2ccccn2)c1)c1cccc(-n2c3ccc4c(c3c3cccnc32)[Si](c2ccccc2)(c2ccccc2)c2ccccc2S4)c1. The molecule has 10 rings (SSSR count). The van der Waals surface area contributed by atoms with Gasteiger partial charge in [-0.3, -0.25) is 9.55 Å². The molecule has 1 aliphatic heterocycles. The summed E-state index contributed by atoms with van der Waals surface area (Å²) in [6.45, 7) is 0. The highest BCUT2D eigenvalue weighted by molar-refractivity contribution is 8.00. The lowest BCUT2D eigenvalue weighted by Gasteiger charge is -2.40. The second-order valence-electron chi connectivity index (χ2n) is 13.4. The van der Waals surface area contributed by atoms with Crippen molar-refractivity contribution in [2.24, 2.45) is 0 Å². The van der Waals surface area contributed by atoms with Crippen LogP contribution in [0.25, 0.3) is 38.9 Å². The van der Waals surface area contributed by atoms with Crippen molar-refractivity contribution in [2.75, 3.05) is 0 Å². The Morgan fingerprint density at radius 3 is 2.04 bits per heavy atom. The van der Waals surface area contributed by atoms with Crippen LogP contribution < -0.4 is 20.7 Å². The van der Waals surface area contributed by atoms with Gasteiger partial charge in [0.1, 0.15) is 5.65 Å². The number of alkyl halides is 1. The van der Waals surface area contributed by atoms with Crippen LogP contribution in [0.4, 0.5) is 4.39 Å². The van der Waals surface area contributed by atoms with E-state index in [0.29, 0.717) is 11.1 Å². The number of benzene rings is 6. The van der Waals surface area contributed by atoms with Gasteiger partial charge in [-0.2, -0.15) is 0 Å². The van der Waals surface area contributed by atoms with Crippen LogP contribution in [0, 0.1) is 0 Å². The average Bonchev–Trinajstić information content (AvgIpc) is 3.58. The van der Waals surface area contributed by atoms with Gasteiger partial charge in [-0.25, -0.2) is 9.37 Å². The maximum atomic E-state index is 16.6. The zero-order chi connectivity index (χ0) is 35.4. The van der Waals surface area contributed by atoms with Gasteiger partial charge in [0, 0.05) is 44.2 Å². The van der Waals surface area contributed by atoms with Crippen LogP contribution in [-0.4, -0.2) is 22.6 Å². The van der Waals surface area contributed by atoms with Crippen LogP contribution >= 0.6 is 11.8 Å². The first kappa shape index (κ1) is 31.6. The third kappa shape index (κ3) is 5.01. The molecule has 9 aromatic rings. The van der Waals surface area contributed by atoms with Crippen molar-refractivity contribution in [1.82, 2.24) is 14.5 Å². The number of pyridine rings is 2. The van der Waals surface area contributed by atoms with E-state index in [2.05, 4.69) is 119 Å². The first-order chi connectivity index (χ1) is 26.2. The molecule has 0 spiro atoms. The molecule has 0 radical (unpaired) electrons. The first-order valence-corrected chi connectivity index (χ1v) is 20.6. The van der Waals surface area contributed by atoms with E-state index in [4.69, 9.17) is 4.98 Å². The van der Waals surface area contributed by atoms with Gasteiger partial charge in [0.25, 0.3) is 0 Å². The molecule has 0 N–H and O–H groups in total. The lowest BCUT2D eigenvalue weighted by Crippen LogP contribution is -2.76. The predicted molar refractivity (Wildman–Crippen MR) is 219 cm³/mol. The Morgan fingerprint density at radius 2 is 1.26 bits per heavy atom. The Hall–Kier alpha value is -6.08. The number of hydrogen-bond acceptors (Lipinski definition) is 3. The van der Waals surface area contributed by atoms with Crippen LogP contribution in [-0.2, 0) is 0 Å². The number of rotatable bonds is 6. The van der Waals surface area contributed by atoms with E-state index in [9.17, 15) is 0 Å². The molecule has 53 heavy (non-hydrogen) atoms. The van der Waals surface area contributed by atoms with E-state index in [1.54, 1.807) is 6.20 Å². The van der Waals surface area contributed by atoms with Crippen molar-refractivity contribution in [2.45, 2.75) is 16.0 Å². The van der Waals surface area contributed by atoms with Gasteiger partial charge in [-0.1, -0.05) is 127 Å². The second-order valence-corrected chi connectivity index (χ2v) is 18.2. The molecule has 0 saturated carbocycles. The lowest BCUT2D eigenvalue weighted by atomic mass is 9.99. The molecule has 0 amide bonds. The standard InChI is InChI=1S/C47H32FN3SSi/c48-45(33-15-11-14-32(30-33)39-23-9-10-28-49-39)34-16-12-17-35(31-34)51-40-26-27-42-46(44(40)38-22-13-29-50-47(38)51)53(36-18-3-1-4-19-36,37-20-5-2-6-21-37)43-25-8-7-24-41(43)52-42/h1-31,45H. The molecule has 6 heteroatoms. The van der Waals surface area contributed by atoms with Crippen molar-refractivity contribution >= 4 is 62.5 Å². The highest BCUT2D eigenvalue weighted by Gasteiger charge is 2.48. The van der Waals surface area contributed by atoms with Gasteiger partial charge >= 0.3 is 0 Å². The van der Waals surface area contributed by atoms with E-state index in [0.717, 1.165) is 33.5 Å². The van der Waals surface area contributed by atoms with Gasteiger partial charge in [0.15, 0.2) is 14.2 Å². The Kier molecular flexibility index (Phi) is 7.67. The van der Waals surface area contributed by atoms with Crippen molar-refractivity contribution in [3.63, 3.8) is 0 Å². The third-order valence-corrected chi connectivity index (χ3v) is 16.9. The molecule has 0 saturated heterocycles. The quantitative estimate of drug-likeness (QED) is 0.161. The highest BCUT2D eigenvalue weighted by Crippen LogP contribution is 2.40. The molecule has 0 fully saturated rings. The van der Waals surface area contributed by atoms with Crippen LogP contribution in [0.1, 0.15) is 17.3 Å². The summed E-state index contributed by atoms with van der Waals surface area (Å²) in [6, 6.07) is 61.2. The fourth-order valence-corrected chi connectivity index (χ4v) is 15.5. The fourth-order valence-electron chi connectivity index (χ4n) is 8.30. The molecule has 3 nitrogen and oxygen atoms in total. The summed E-state index contributed by atoms with van der Waals surface area (Å²) < 4.78 is 18.8. The average molecular weight is 718 g/mol. The van der Waals surface area contributed by atoms with Crippen LogP contribution in [0.5, 0.6) is 0 Å². The maximum absolute atomic E-state index is 16.6. The lowest BCUT2D eigenvalue weighted by molar-refractivity contribution is 0.402. The second kappa shape index (κ2) is 12.8. The largest absolute Gasteiger partial charge is 0.294 e. The van der Waals surface area contributed by atoms with Crippen molar-refractivity contribution < 1.29 is 4.39 Å². The van der Waals surface area contributed by atoms with Crippen molar-refractivity contribution in [1.29, 1.82) is 0 Å². The summed E-state index contributed by atoms with van der Waals surface area (Å²) in [5, 5.41) is 7.74. The number of hydrogen-bond donors (Lipinski definition) is 0. The zero-order valence-corrected chi connectivity index (χ0v) is 30.4. The highest BCUT2D eigenvalue weighted by atomic mass is 32.2. The molecular formula is C47H32FN3SSi. The van der Waals surface area contributed by atoms with E-state index in [-0.39, 0.29) is 0 Å². The summed E-state index contributed by atoms with van der Waals surface area (Å²) >= 11 is 1.86. The van der Waals surface area contributed by atoms with E-state index < -0.39 is 14.2 Å². The fraction of sp³-hybridized carbons (Fsp3) is 0.0213. The Morgan fingerprint density at radius 1 is 0.566 bits per heavy atom. The molecular weight excluding hydrogens is 686 g/mol. The summed E-state index contributed by atoms with van der Waals surface area (Å²) in [5.74, 6) is 0. The topological polar surface area (TPSA) is 30.7 Å². The molecule has 6 aromatic carbocycles. The van der Waals surface area contributed by atoms with E-state index in [1.165, 1.54) is 35.9 Å². The van der Waals surface area contributed by atoms with E-state index in [1.807, 2.05) is 84.7 Å². The predicted octanol–water partition coefficient (Wildman–Crippen LogP) is 9.14. The number of aromatic nitrogens is 3. The number of nitrogens with zero attached hydrogens (tertiary/aromatic N) is 3. The Bertz CT molecular complexity index is 2750. The third-order valence-electron chi connectivity index (χ3n) is 10.5. The summed E-state index contributed by atoms with van der Waals surface area (Å²) in [6.07, 6.45) is 2.30. The normalized spacial score (nSPS) is 13.8. The molecule has 3 aromatic heterocycles. The van der Waals surface area contributed by atoms with Gasteiger partial charge in [0.05, 0.1) is 11.2 Å². The van der Waals surface area contributed by atoms with Gasteiger partial charge in [-0.05, 0) is 92.5 Å². The molecule has 1 atom stereocenters. The van der Waals surface area contributed by atoms with Crippen LogP contribution in [0.15, 0.2) is 198 Å². The summed E-state index contributed by atoms with van der Waals surface area (Å²) in [5.41, 5.74) is 5.69. The molecule has 0 aliphatic carbocycles. The summed E-state index contributed by atoms with van der Waals surface area (Å²) in [7, 11) is -2.88. The Balaban J connectivity index is 1.22. The molecule has 4 heterocycles. The minimum atomic E-state index is -2.88. The molecule has 1 aliphatic rings. The maximum Gasteiger partial charge on any atom is 0.182 e. The minimum absolute atomic E-state index is 0.589. The Labute approximate surface area is 312 Å². The monoisotopic (exact) mass is 717 g/mol. The van der Waals surface area contributed by atoms with Gasteiger partial charge in [0.2, 0.25) is 0 Å². The number of halogens is 1. The van der Waals surface area contributed by atoms with Crippen molar-refractivity contribution in [3.05, 3.63) is 199 Å². The minimum Gasteiger partial charge on any atom is -0.294 e. The zero-order valence-electron chi connectivity index (χ0n) is 28.6. The van der Waals surface area contributed by atoms with Crippen LogP contribution in [0.2, 0.25) is 0 Å². The number of fused-ring (bicyclic) bond motifs is 6. The molecule has 252 valence electrons. The van der Waals surface area contributed by atoms with Gasteiger partial charge < -0.3 is 0 Å². The van der Waals surface area contributed by atoms with Gasteiger partial charge in [-0.15, -0.1) is 0 Å². The summed E-state index contributed by atoms with van der Waals surface area (Å²) in [4.78, 5) is 12.1. The smallest absolute Gasteiger partial charge is 0.182 e.